The van der Waals surface area contributed by atoms with Crippen molar-refractivity contribution in [3.05, 3.63) is 29.3 Å². The van der Waals surface area contributed by atoms with Gasteiger partial charge in [-0.05, 0) is 48.4 Å². The smallest absolute Gasteiger partial charge is 0.309 e. The minimum absolute atomic E-state index is 0.0944. The van der Waals surface area contributed by atoms with Gasteiger partial charge in [-0.15, -0.1) is 0 Å². The van der Waals surface area contributed by atoms with E-state index in [9.17, 15) is 9.90 Å². The summed E-state index contributed by atoms with van der Waals surface area (Å²) in [5, 5.41) is 9.55. The van der Waals surface area contributed by atoms with E-state index in [4.69, 9.17) is 4.74 Å². The first kappa shape index (κ1) is 12.0. The molecule has 0 aromatic heterocycles. The number of carbonyl (C=O) groups excluding carboxylic acids is 1. The third kappa shape index (κ3) is 2.14. The lowest BCUT2D eigenvalue weighted by Gasteiger charge is -2.20. The van der Waals surface area contributed by atoms with Crippen LogP contribution in [-0.2, 0) is 16.0 Å². The van der Waals surface area contributed by atoms with Gasteiger partial charge in [-0.2, -0.15) is 0 Å². The number of aromatic hydroxyl groups is 1. The van der Waals surface area contributed by atoms with Crippen molar-refractivity contribution in [1.29, 1.82) is 0 Å². The fraction of sp³-hybridized carbons (Fsp3) is 0.500. The molecule has 92 valence electrons. The Kier molecular flexibility index (Phi) is 3.36. The first-order valence-corrected chi connectivity index (χ1v) is 6.07. The summed E-state index contributed by atoms with van der Waals surface area (Å²) in [6, 6.07) is 5.45. The normalized spacial score (nSPS) is 19.8. The molecule has 3 nitrogen and oxygen atoms in total. The Morgan fingerprint density at radius 3 is 3.00 bits per heavy atom. The topological polar surface area (TPSA) is 46.5 Å². The summed E-state index contributed by atoms with van der Waals surface area (Å²) < 4.78 is 4.86. The van der Waals surface area contributed by atoms with E-state index >= 15 is 0 Å². The van der Waals surface area contributed by atoms with Crippen LogP contribution in [0.5, 0.6) is 5.75 Å². The van der Waals surface area contributed by atoms with Crippen molar-refractivity contribution in [2.24, 2.45) is 5.92 Å². The van der Waals surface area contributed by atoms with Gasteiger partial charge in [0.25, 0.3) is 0 Å². The average molecular weight is 234 g/mol. The zero-order valence-electron chi connectivity index (χ0n) is 10.3. The van der Waals surface area contributed by atoms with Gasteiger partial charge in [-0.1, -0.05) is 13.0 Å². The molecule has 1 aromatic rings. The molecule has 0 aliphatic heterocycles. The Morgan fingerprint density at radius 1 is 1.59 bits per heavy atom. The maximum Gasteiger partial charge on any atom is 0.309 e. The molecule has 1 aliphatic rings. The van der Waals surface area contributed by atoms with Crippen LogP contribution in [0, 0.1) is 5.92 Å². The number of phenols is 1. The van der Waals surface area contributed by atoms with Crippen LogP contribution in [0.1, 0.15) is 36.8 Å². The van der Waals surface area contributed by atoms with E-state index in [-0.39, 0.29) is 23.6 Å². The molecule has 0 spiro atoms. The van der Waals surface area contributed by atoms with Crippen LogP contribution >= 0.6 is 0 Å². The fourth-order valence-corrected chi connectivity index (χ4v) is 2.81. The minimum Gasteiger partial charge on any atom is -0.508 e. The van der Waals surface area contributed by atoms with Crippen LogP contribution in [0.4, 0.5) is 0 Å². The van der Waals surface area contributed by atoms with Crippen LogP contribution in [0.3, 0.4) is 0 Å². The van der Waals surface area contributed by atoms with E-state index in [1.54, 1.807) is 12.1 Å². The monoisotopic (exact) mass is 234 g/mol. The number of benzene rings is 1. The van der Waals surface area contributed by atoms with Gasteiger partial charge in [-0.25, -0.2) is 0 Å². The number of methoxy groups -OCH3 is 1. The summed E-state index contributed by atoms with van der Waals surface area (Å²) in [6.07, 6.45) is 2.71. The Bertz CT molecular complexity index is 425. The Balaban J connectivity index is 2.31. The first-order chi connectivity index (χ1) is 8.17. The summed E-state index contributed by atoms with van der Waals surface area (Å²) in [5.41, 5.74) is 2.36. The van der Waals surface area contributed by atoms with Gasteiger partial charge in [0.05, 0.1) is 13.0 Å². The number of ether oxygens (including phenoxy) is 1. The number of esters is 1. The molecule has 0 saturated heterocycles. The highest BCUT2D eigenvalue weighted by molar-refractivity contribution is 5.74. The number of phenolic OH excluding ortho intramolecular Hbond substituents is 1. The molecule has 17 heavy (non-hydrogen) atoms. The van der Waals surface area contributed by atoms with Gasteiger partial charge in [0.15, 0.2) is 0 Å². The van der Waals surface area contributed by atoms with E-state index in [1.807, 2.05) is 13.0 Å². The van der Waals surface area contributed by atoms with E-state index in [1.165, 1.54) is 12.7 Å². The Labute approximate surface area is 101 Å². The van der Waals surface area contributed by atoms with Gasteiger partial charge in [0, 0.05) is 0 Å². The van der Waals surface area contributed by atoms with Crippen molar-refractivity contribution in [2.45, 2.75) is 32.1 Å². The number of fused-ring (bicyclic) bond motifs is 1. The van der Waals surface area contributed by atoms with Crippen LogP contribution in [0.15, 0.2) is 18.2 Å². The van der Waals surface area contributed by atoms with E-state index in [2.05, 4.69) is 0 Å². The molecule has 2 unspecified atom stereocenters. The van der Waals surface area contributed by atoms with Crippen LogP contribution in [0.25, 0.3) is 0 Å². The molecule has 3 heteroatoms. The standard InChI is InChI=1S/C14H18O3/c1-3-11(14(16)17-2)12-7-5-9-4-6-10(15)8-13(9)12/h4,6,8,11-12,15H,3,5,7H2,1-2H3. The molecule has 0 saturated carbocycles. The van der Waals surface area contributed by atoms with Crippen molar-refractivity contribution in [3.8, 4) is 5.75 Å². The molecule has 0 fully saturated rings. The highest BCUT2D eigenvalue weighted by atomic mass is 16.5. The zero-order valence-corrected chi connectivity index (χ0v) is 10.3. The molecule has 0 radical (unpaired) electrons. The van der Waals surface area contributed by atoms with Gasteiger partial charge in [0.1, 0.15) is 5.75 Å². The molecule has 0 heterocycles. The quantitative estimate of drug-likeness (QED) is 0.818. The highest BCUT2D eigenvalue weighted by Gasteiger charge is 2.33. The number of aryl methyl sites for hydroxylation is 1. The second kappa shape index (κ2) is 4.78. The maximum atomic E-state index is 11.7. The molecular weight excluding hydrogens is 216 g/mol. The summed E-state index contributed by atoms with van der Waals surface area (Å²) in [7, 11) is 1.43. The molecular formula is C14H18O3. The van der Waals surface area contributed by atoms with Crippen LogP contribution in [-0.4, -0.2) is 18.2 Å². The summed E-state index contributed by atoms with van der Waals surface area (Å²) in [5.74, 6) is 0.224. The van der Waals surface area contributed by atoms with Crippen LogP contribution < -0.4 is 0 Å². The molecule has 0 bridgehead atoms. The second-order valence-corrected chi connectivity index (χ2v) is 4.57. The first-order valence-electron chi connectivity index (χ1n) is 6.07. The van der Waals surface area contributed by atoms with E-state index < -0.39 is 0 Å². The Hall–Kier alpha value is -1.51. The lowest BCUT2D eigenvalue weighted by Crippen LogP contribution is -2.21. The average Bonchev–Trinajstić information content (AvgIpc) is 2.73. The number of carbonyl (C=O) groups is 1. The van der Waals surface area contributed by atoms with Gasteiger partial charge >= 0.3 is 5.97 Å². The predicted octanol–water partition coefficient (Wildman–Crippen LogP) is 2.62. The highest BCUT2D eigenvalue weighted by Crippen LogP contribution is 2.41. The number of hydrogen-bond donors (Lipinski definition) is 1. The van der Waals surface area contributed by atoms with Gasteiger partial charge < -0.3 is 9.84 Å². The molecule has 1 aliphatic carbocycles. The van der Waals surface area contributed by atoms with Crippen molar-refractivity contribution in [1.82, 2.24) is 0 Å². The van der Waals surface area contributed by atoms with Crippen molar-refractivity contribution < 1.29 is 14.6 Å². The third-order valence-corrected chi connectivity index (χ3v) is 3.68. The van der Waals surface area contributed by atoms with Crippen molar-refractivity contribution >= 4 is 5.97 Å². The summed E-state index contributed by atoms with van der Waals surface area (Å²) in [4.78, 5) is 11.7. The number of hydrogen-bond acceptors (Lipinski definition) is 3. The maximum absolute atomic E-state index is 11.7. The zero-order chi connectivity index (χ0) is 12.4. The summed E-state index contributed by atoms with van der Waals surface area (Å²) in [6.45, 7) is 2.00. The predicted molar refractivity (Wildman–Crippen MR) is 65.0 cm³/mol. The minimum atomic E-state index is -0.145. The SMILES string of the molecule is CCC(C(=O)OC)C1CCc2ccc(O)cc21. The molecule has 0 amide bonds. The Morgan fingerprint density at radius 2 is 2.35 bits per heavy atom. The fourth-order valence-electron chi connectivity index (χ4n) is 2.81. The largest absolute Gasteiger partial charge is 0.508 e. The van der Waals surface area contributed by atoms with E-state index in [0.717, 1.165) is 24.8 Å². The number of rotatable bonds is 3. The third-order valence-electron chi connectivity index (χ3n) is 3.68. The lowest BCUT2D eigenvalue weighted by atomic mass is 9.85. The molecule has 1 N–H and O–H groups in total. The van der Waals surface area contributed by atoms with Crippen molar-refractivity contribution in [3.63, 3.8) is 0 Å². The summed E-state index contributed by atoms with van der Waals surface area (Å²) >= 11 is 0. The van der Waals surface area contributed by atoms with E-state index in [0.29, 0.717) is 0 Å². The van der Waals surface area contributed by atoms with Crippen LogP contribution in [0.2, 0.25) is 0 Å². The second-order valence-electron chi connectivity index (χ2n) is 4.57. The molecule has 1 aromatic carbocycles. The van der Waals surface area contributed by atoms with Crippen molar-refractivity contribution in [2.75, 3.05) is 7.11 Å². The lowest BCUT2D eigenvalue weighted by molar-refractivity contribution is -0.146. The molecule has 2 atom stereocenters. The van der Waals surface area contributed by atoms with Gasteiger partial charge in [0.2, 0.25) is 0 Å². The van der Waals surface area contributed by atoms with Gasteiger partial charge in [-0.3, -0.25) is 4.79 Å². The molecule has 2 rings (SSSR count).